The van der Waals surface area contributed by atoms with E-state index in [0.29, 0.717) is 10.8 Å². The average molecular weight is 388 g/mol. The van der Waals surface area contributed by atoms with Gasteiger partial charge in [0.05, 0.1) is 4.90 Å². The van der Waals surface area contributed by atoms with Crippen LogP contribution in [0.25, 0.3) is 0 Å². The summed E-state index contributed by atoms with van der Waals surface area (Å²) in [6, 6.07) is 11.1. The lowest BCUT2D eigenvalue weighted by molar-refractivity contribution is 0.573. The maximum Gasteiger partial charge on any atom is 0.240 e. The molecule has 2 heterocycles. The zero-order valence-electron chi connectivity index (χ0n) is 16.2. The van der Waals surface area contributed by atoms with Crippen LogP contribution < -0.4 is 9.62 Å². The SMILES string of the molecule is CCC(C)c1ccc(S(=O)(=O)NCc2ccc(N3CCCCC3)nc2)cc1. The first-order chi connectivity index (χ1) is 13.0. The highest BCUT2D eigenvalue weighted by atomic mass is 32.2. The van der Waals surface area contributed by atoms with Crippen molar-refractivity contribution >= 4 is 15.8 Å². The third kappa shape index (κ3) is 5.08. The molecule has 1 saturated heterocycles. The first-order valence-electron chi connectivity index (χ1n) is 9.79. The van der Waals surface area contributed by atoms with Gasteiger partial charge in [0.25, 0.3) is 0 Å². The normalized spacial score (nSPS) is 16.3. The van der Waals surface area contributed by atoms with Crippen molar-refractivity contribution in [1.29, 1.82) is 0 Å². The zero-order chi connectivity index (χ0) is 19.3. The van der Waals surface area contributed by atoms with Crippen LogP contribution in [-0.2, 0) is 16.6 Å². The van der Waals surface area contributed by atoms with Gasteiger partial charge in [0.15, 0.2) is 0 Å². The molecular weight excluding hydrogens is 358 g/mol. The molecular formula is C21H29N3O2S. The number of rotatable bonds is 7. The predicted octanol–water partition coefficient (Wildman–Crippen LogP) is 4.06. The van der Waals surface area contributed by atoms with Crippen LogP contribution in [0, 0.1) is 0 Å². The third-order valence-corrected chi connectivity index (χ3v) is 6.74. The van der Waals surface area contributed by atoms with E-state index in [1.165, 1.54) is 19.3 Å². The maximum absolute atomic E-state index is 12.5. The van der Waals surface area contributed by atoms with Gasteiger partial charge in [0.1, 0.15) is 5.82 Å². The van der Waals surface area contributed by atoms with E-state index in [1.807, 2.05) is 24.3 Å². The van der Waals surface area contributed by atoms with Crippen molar-refractivity contribution < 1.29 is 8.42 Å². The second-order valence-electron chi connectivity index (χ2n) is 7.28. The van der Waals surface area contributed by atoms with Crippen molar-refractivity contribution in [2.45, 2.75) is 56.9 Å². The van der Waals surface area contributed by atoms with Crippen molar-refractivity contribution in [2.75, 3.05) is 18.0 Å². The number of hydrogen-bond donors (Lipinski definition) is 1. The van der Waals surface area contributed by atoms with E-state index >= 15 is 0 Å². The number of benzene rings is 1. The molecule has 1 aliphatic rings. The fourth-order valence-corrected chi connectivity index (χ4v) is 4.32. The van der Waals surface area contributed by atoms with Crippen LogP contribution in [0.1, 0.15) is 56.6 Å². The molecule has 27 heavy (non-hydrogen) atoms. The molecule has 5 nitrogen and oxygen atoms in total. The van der Waals surface area contributed by atoms with Gasteiger partial charge in [-0.1, -0.05) is 32.0 Å². The second-order valence-corrected chi connectivity index (χ2v) is 9.04. The molecule has 146 valence electrons. The van der Waals surface area contributed by atoms with Crippen LogP contribution in [0.2, 0.25) is 0 Å². The molecule has 1 aliphatic heterocycles. The van der Waals surface area contributed by atoms with E-state index in [9.17, 15) is 8.42 Å². The molecule has 1 aromatic heterocycles. The lowest BCUT2D eigenvalue weighted by Gasteiger charge is -2.27. The molecule has 0 spiro atoms. The summed E-state index contributed by atoms with van der Waals surface area (Å²) in [6.07, 6.45) is 6.50. The number of sulfonamides is 1. The first-order valence-corrected chi connectivity index (χ1v) is 11.3. The van der Waals surface area contributed by atoms with Crippen LogP contribution in [0.15, 0.2) is 47.5 Å². The minimum Gasteiger partial charge on any atom is -0.357 e. The maximum atomic E-state index is 12.5. The van der Waals surface area contributed by atoms with E-state index < -0.39 is 10.0 Å². The van der Waals surface area contributed by atoms with E-state index in [1.54, 1.807) is 18.3 Å². The molecule has 0 bridgehead atoms. The Bertz CT molecular complexity index is 827. The van der Waals surface area contributed by atoms with Gasteiger partial charge < -0.3 is 4.90 Å². The summed E-state index contributed by atoms with van der Waals surface area (Å²) in [5, 5.41) is 0. The number of piperidine rings is 1. The Labute approximate surface area is 162 Å². The van der Waals surface area contributed by atoms with Crippen LogP contribution in [0.3, 0.4) is 0 Å². The first kappa shape index (κ1) is 19.8. The molecule has 6 heteroatoms. The number of nitrogens with zero attached hydrogens (tertiary/aromatic N) is 2. The predicted molar refractivity (Wildman–Crippen MR) is 109 cm³/mol. The average Bonchev–Trinajstić information content (AvgIpc) is 2.73. The Morgan fingerprint density at radius 3 is 2.37 bits per heavy atom. The quantitative estimate of drug-likeness (QED) is 0.778. The number of hydrogen-bond acceptors (Lipinski definition) is 4. The zero-order valence-corrected chi connectivity index (χ0v) is 17.0. The highest BCUT2D eigenvalue weighted by Gasteiger charge is 2.15. The molecule has 1 atom stereocenters. The number of pyridine rings is 1. The highest BCUT2D eigenvalue weighted by molar-refractivity contribution is 7.89. The van der Waals surface area contributed by atoms with Crippen molar-refractivity contribution in [1.82, 2.24) is 9.71 Å². The molecule has 0 saturated carbocycles. The Morgan fingerprint density at radius 1 is 1.07 bits per heavy atom. The lowest BCUT2D eigenvalue weighted by atomic mass is 9.99. The largest absolute Gasteiger partial charge is 0.357 e. The summed E-state index contributed by atoms with van der Waals surface area (Å²) >= 11 is 0. The summed E-state index contributed by atoms with van der Waals surface area (Å²) in [5.74, 6) is 1.40. The number of aromatic nitrogens is 1. The summed E-state index contributed by atoms with van der Waals surface area (Å²) < 4.78 is 27.7. The van der Waals surface area contributed by atoms with Crippen molar-refractivity contribution in [3.05, 3.63) is 53.7 Å². The van der Waals surface area contributed by atoms with Gasteiger partial charge in [-0.05, 0) is 60.9 Å². The molecule has 1 N–H and O–H groups in total. The lowest BCUT2D eigenvalue weighted by Crippen LogP contribution is -2.30. The van der Waals surface area contributed by atoms with Crippen LogP contribution in [0.5, 0.6) is 0 Å². The van der Waals surface area contributed by atoms with Gasteiger partial charge in [-0.3, -0.25) is 0 Å². The van der Waals surface area contributed by atoms with Gasteiger partial charge in [-0.25, -0.2) is 18.1 Å². The van der Waals surface area contributed by atoms with E-state index in [-0.39, 0.29) is 6.54 Å². The smallest absolute Gasteiger partial charge is 0.240 e. The standard InChI is InChI=1S/C21H29N3O2S/c1-3-17(2)19-8-10-20(11-9-19)27(25,26)23-16-18-7-12-21(22-15-18)24-13-5-4-6-14-24/h7-12,15,17,23H,3-6,13-14,16H2,1-2H3. The number of anilines is 1. The molecule has 3 rings (SSSR count). The van der Waals surface area contributed by atoms with Crippen LogP contribution in [0.4, 0.5) is 5.82 Å². The molecule has 0 aliphatic carbocycles. The van der Waals surface area contributed by atoms with Gasteiger partial charge in [-0.2, -0.15) is 0 Å². The molecule has 2 aromatic rings. The Hall–Kier alpha value is -1.92. The third-order valence-electron chi connectivity index (χ3n) is 5.33. The topological polar surface area (TPSA) is 62.3 Å². The molecule has 0 amide bonds. The minimum absolute atomic E-state index is 0.239. The molecule has 1 aromatic carbocycles. The second kappa shape index (κ2) is 8.85. The fraction of sp³-hybridized carbons (Fsp3) is 0.476. The van der Waals surface area contributed by atoms with Gasteiger partial charge in [0.2, 0.25) is 10.0 Å². The van der Waals surface area contributed by atoms with Crippen molar-refractivity contribution in [3.63, 3.8) is 0 Å². The minimum atomic E-state index is -3.53. The summed E-state index contributed by atoms with van der Waals surface area (Å²) in [7, 11) is -3.53. The van der Waals surface area contributed by atoms with Gasteiger partial charge >= 0.3 is 0 Å². The van der Waals surface area contributed by atoms with E-state index in [4.69, 9.17) is 0 Å². The summed E-state index contributed by atoms with van der Waals surface area (Å²) in [5.41, 5.74) is 2.02. The Kier molecular flexibility index (Phi) is 6.50. The molecule has 0 radical (unpaired) electrons. The highest BCUT2D eigenvalue weighted by Crippen LogP contribution is 2.21. The Morgan fingerprint density at radius 2 is 1.78 bits per heavy atom. The molecule has 1 unspecified atom stereocenters. The van der Waals surface area contributed by atoms with Crippen molar-refractivity contribution in [2.24, 2.45) is 0 Å². The van der Waals surface area contributed by atoms with Crippen LogP contribution in [-0.4, -0.2) is 26.5 Å². The monoisotopic (exact) mass is 387 g/mol. The fourth-order valence-electron chi connectivity index (χ4n) is 3.30. The van der Waals surface area contributed by atoms with E-state index in [0.717, 1.165) is 36.5 Å². The molecule has 1 fully saturated rings. The summed E-state index contributed by atoms with van der Waals surface area (Å²) in [6.45, 7) is 6.60. The van der Waals surface area contributed by atoms with Crippen molar-refractivity contribution in [3.8, 4) is 0 Å². The van der Waals surface area contributed by atoms with Crippen LogP contribution >= 0.6 is 0 Å². The number of nitrogens with one attached hydrogen (secondary N) is 1. The Balaban J connectivity index is 1.61. The van der Waals surface area contributed by atoms with Gasteiger partial charge in [-0.15, -0.1) is 0 Å². The summed E-state index contributed by atoms with van der Waals surface area (Å²) in [4.78, 5) is 7.09. The van der Waals surface area contributed by atoms with E-state index in [2.05, 4.69) is 28.5 Å². The van der Waals surface area contributed by atoms with Gasteiger partial charge in [0, 0.05) is 25.8 Å².